The first-order valence-corrected chi connectivity index (χ1v) is 15.7. The molecule has 0 aliphatic heterocycles. The second-order valence-electron chi connectivity index (χ2n) is 10.8. The van der Waals surface area contributed by atoms with E-state index in [2.05, 4.69) is 45.2 Å². The molecule has 4 aromatic carbocycles. The molecular weight excluding hydrogens is 567 g/mol. The van der Waals surface area contributed by atoms with Gasteiger partial charge in [0.05, 0.1) is 14.8 Å². The van der Waals surface area contributed by atoms with E-state index in [4.69, 9.17) is 23.2 Å². The highest BCUT2D eigenvalue weighted by Crippen LogP contribution is 2.38. The summed E-state index contributed by atoms with van der Waals surface area (Å²) in [5, 5.41) is 4.50. The molecule has 0 aliphatic rings. The minimum atomic E-state index is -1.39. The normalized spacial score (nSPS) is 14.1. The number of halogens is 2. The van der Waals surface area contributed by atoms with Crippen LogP contribution in [0.5, 0.6) is 0 Å². The third-order valence-electron chi connectivity index (χ3n) is 5.80. The maximum atomic E-state index is 12.8. The van der Waals surface area contributed by atoms with Gasteiger partial charge in [0.2, 0.25) is 0 Å². The summed E-state index contributed by atoms with van der Waals surface area (Å²) in [5.41, 5.74) is 3.72. The van der Waals surface area contributed by atoms with Crippen LogP contribution in [-0.4, -0.2) is 35.7 Å². The Balaban J connectivity index is 0.00000134. The number of alkyl halides is 2. The van der Waals surface area contributed by atoms with Crippen LogP contribution >= 0.6 is 23.2 Å². The molecule has 39 heavy (non-hydrogen) atoms. The molecule has 0 bridgehead atoms. The molecule has 206 valence electrons. The average Bonchev–Trinajstić information content (AvgIpc) is 2.89. The zero-order valence-electron chi connectivity index (χ0n) is 23.1. The number of hydrogen-bond donors (Lipinski definition) is 0. The van der Waals surface area contributed by atoms with Crippen LogP contribution in [-0.2, 0) is 22.0 Å². The smallest absolute Gasteiger partial charge is 0.144 e. The van der Waals surface area contributed by atoms with Crippen LogP contribution in [0.3, 0.4) is 0 Å². The van der Waals surface area contributed by atoms with Crippen molar-refractivity contribution >= 4 is 79.1 Å². The molecular formula is C31H34Cl2N2O2S2. The average molecular weight is 602 g/mol. The van der Waals surface area contributed by atoms with Crippen LogP contribution in [0.15, 0.2) is 81.6 Å². The Morgan fingerprint density at radius 3 is 1.28 bits per heavy atom. The maximum absolute atomic E-state index is 12.8. The Morgan fingerprint density at radius 1 is 0.615 bits per heavy atom. The van der Waals surface area contributed by atoms with Gasteiger partial charge in [-0.3, -0.25) is 0 Å². The van der Waals surface area contributed by atoms with Crippen LogP contribution < -0.4 is 0 Å². The third-order valence-corrected chi connectivity index (χ3v) is 8.48. The van der Waals surface area contributed by atoms with Crippen molar-refractivity contribution in [2.45, 2.75) is 51.0 Å². The fourth-order valence-electron chi connectivity index (χ4n) is 3.88. The van der Waals surface area contributed by atoms with E-state index in [1.807, 2.05) is 77.9 Å². The van der Waals surface area contributed by atoms with E-state index in [0.29, 0.717) is 0 Å². The zero-order chi connectivity index (χ0) is 28.8. The van der Waals surface area contributed by atoms with Crippen molar-refractivity contribution in [3.63, 3.8) is 0 Å². The molecule has 0 fully saturated rings. The van der Waals surface area contributed by atoms with E-state index in [-0.39, 0.29) is 5.34 Å². The van der Waals surface area contributed by atoms with Crippen molar-refractivity contribution in [3.05, 3.63) is 83.9 Å². The topological polar surface area (TPSA) is 58.9 Å². The summed E-state index contributed by atoms with van der Waals surface area (Å²) in [6.07, 6.45) is 3.44. The van der Waals surface area contributed by atoms with Crippen molar-refractivity contribution in [2.24, 2.45) is 8.80 Å². The SMILES string of the molecule is CC(C)(C)[S@](=O)/N=C/c1ccc2ccccc2c1-c1c(/C=N/[S@@](=O)C(C)(C)C)ccc2ccccc12.ClCCl. The molecule has 4 rings (SSSR count). The van der Waals surface area contributed by atoms with Crippen molar-refractivity contribution in [2.75, 3.05) is 5.34 Å². The molecule has 4 nitrogen and oxygen atoms in total. The minimum Gasteiger partial charge on any atom is -0.234 e. The summed E-state index contributed by atoms with van der Waals surface area (Å²) >= 11 is 9.53. The van der Waals surface area contributed by atoms with Crippen molar-refractivity contribution < 1.29 is 8.42 Å². The van der Waals surface area contributed by atoms with Gasteiger partial charge in [0.15, 0.2) is 0 Å². The van der Waals surface area contributed by atoms with Crippen LogP contribution in [0.1, 0.15) is 52.7 Å². The number of nitrogens with zero attached hydrogens (tertiary/aromatic N) is 2. The molecule has 4 aromatic rings. The number of benzene rings is 4. The highest BCUT2D eigenvalue weighted by molar-refractivity contribution is 7.85. The quantitative estimate of drug-likeness (QED) is 0.170. The first-order valence-electron chi connectivity index (χ1n) is 12.5. The van der Waals surface area contributed by atoms with Gasteiger partial charge in [-0.25, -0.2) is 8.42 Å². The number of fused-ring (bicyclic) bond motifs is 2. The Labute approximate surface area is 246 Å². The van der Waals surface area contributed by atoms with Gasteiger partial charge >= 0.3 is 0 Å². The predicted molar refractivity (Wildman–Crippen MR) is 174 cm³/mol. The Hall–Kier alpha value is -2.38. The van der Waals surface area contributed by atoms with Gasteiger partial charge in [0.25, 0.3) is 0 Å². The van der Waals surface area contributed by atoms with Gasteiger partial charge < -0.3 is 0 Å². The Morgan fingerprint density at radius 2 is 0.949 bits per heavy atom. The summed E-state index contributed by atoms with van der Waals surface area (Å²) in [5.74, 6) is 0. The van der Waals surface area contributed by atoms with Crippen LogP contribution in [0.2, 0.25) is 0 Å². The molecule has 0 heterocycles. The first-order chi connectivity index (χ1) is 18.4. The summed E-state index contributed by atoms with van der Waals surface area (Å²) in [7, 11) is -2.77. The van der Waals surface area contributed by atoms with Gasteiger partial charge in [0, 0.05) is 23.6 Å². The highest BCUT2D eigenvalue weighted by atomic mass is 35.5. The number of rotatable bonds is 5. The molecule has 0 amide bonds. The highest BCUT2D eigenvalue weighted by Gasteiger charge is 2.21. The second kappa shape index (κ2) is 13.3. The maximum Gasteiger partial charge on any atom is 0.144 e. The fraction of sp³-hybridized carbons (Fsp3) is 0.290. The fourth-order valence-corrected chi connectivity index (χ4v) is 4.93. The lowest BCUT2D eigenvalue weighted by Gasteiger charge is -2.17. The van der Waals surface area contributed by atoms with Crippen LogP contribution in [0.4, 0.5) is 0 Å². The lowest BCUT2D eigenvalue weighted by molar-refractivity contribution is 0.650. The summed E-state index contributed by atoms with van der Waals surface area (Å²) in [6.45, 7) is 11.5. The monoisotopic (exact) mass is 600 g/mol. The van der Waals surface area contributed by atoms with Gasteiger partial charge in [-0.2, -0.15) is 8.80 Å². The predicted octanol–water partition coefficient (Wildman–Crippen LogP) is 8.84. The van der Waals surface area contributed by atoms with E-state index in [1.165, 1.54) is 0 Å². The molecule has 0 aliphatic carbocycles. The van der Waals surface area contributed by atoms with Gasteiger partial charge in [-0.15, -0.1) is 23.2 Å². The van der Waals surface area contributed by atoms with Crippen LogP contribution in [0.25, 0.3) is 32.7 Å². The molecule has 0 N–H and O–H groups in total. The Kier molecular flexibility index (Phi) is 10.6. The van der Waals surface area contributed by atoms with Gasteiger partial charge in [-0.05, 0) is 74.2 Å². The van der Waals surface area contributed by atoms with E-state index < -0.39 is 31.5 Å². The molecule has 0 saturated heterocycles. The van der Waals surface area contributed by atoms with Crippen molar-refractivity contribution in [3.8, 4) is 11.1 Å². The molecule has 0 unspecified atom stereocenters. The second-order valence-corrected chi connectivity index (χ2v) is 15.5. The molecule has 0 spiro atoms. The van der Waals surface area contributed by atoms with E-state index in [0.717, 1.165) is 43.8 Å². The molecule has 8 heteroatoms. The van der Waals surface area contributed by atoms with Crippen molar-refractivity contribution in [1.29, 1.82) is 0 Å². The van der Waals surface area contributed by atoms with Gasteiger partial charge in [0.1, 0.15) is 22.0 Å². The van der Waals surface area contributed by atoms with E-state index in [9.17, 15) is 8.42 Å². The lowest BCUT2D eigenvalue weighted by Crippen LogP contribution is -2.19. The molecule has 2 atom stereocenters. The van der Waals surface area contributed by atoms with Crippen LogP contribution in [0, 0.1) is 0 Å². The minimum absolute atomic E-state index is 0.194. The number of hydrogen-bond acceptors (Lipinski definition) is 2. The standard InChI is InChI=1S/C30H32N2O2S2.CH2Cl2/c1-29(2,3)35(33)31-19-23-17-15-21-11-7-9-13-25(21)27(23)28-24(20-32-36(34)30(4,5)6)18-16-22-12-8-10-14-26(22)28;2-1-3/h7-20H,1-6H3;1H2/b31-19+,32-20+;/t35-,36-;/m0./s1. The molecule has 0 saturated carbocycles. The Bertz CT molecular complexity index is 1450. The summed E-state index contributed by atoms with van der Waals surface area (Å²) in [6, 6.07) is 24.6. The molecule has 0 radical (unpaired) electrons. The largest absolute Gasteiger partial charge is 0.234 e. The third kappa shape index (κ3) is 7.85. The summed E-state index contributed by atoms with van der Waals surface area (Å²) in [4.78, 5) is 0. The first kappa shape index (κ1) is 31.2. The molecule has 0 aromatic heterocycles. The zero-order valence-corrected chi connectivity index (χ0v) is 26.2. The van der Waals surface area contributed by atoms with E-state index >= 15 is 0 Å². The van der Waals surface area contributed by atoms with Gasteiger partial charge in [-0.1, -0.05) is 72.8 Å². The lowest BCUT2D eigenvalue weighted by atomic mass is 9.87. The van der Waals surface area contributed by atoms with Crippen molar-refractivity contribution in [1.82, 2.24) is 0 Å². The summed E-state index contributed by atoms with van der Waals surface area (Å²) < 4.78 is 33.5. The van der Waals surface area contributed by atoms with E-state index in [1.54, 1.807) is 12.4 Å².